The summed E-state index contributed by atoms with van der Waals surface area (Å²) in [6.45, 7) is 8.07. The topological polar surface area (TPSA) is 53.2 Å². The number of carbonyl (C=O) groups excluding carboxylic acids is 1. The molecule has 4 nitrogen and oxygen atoms in total. The molecular weight excluding hydrogens is 190 g/mol. The van der Waals surface area contributed by atoms with Gasteiger partial charge in [0.25, 0.3) is 0 Å². The second-order valence-electron chi connectivity index (χ2n) is 4.37. The van der Waals surface area contributed by atoms with Crippen molar-refractivity contribution in [2.75, 3.05) is 26.2 Å². The highest BCUT2D eigenvalue weighted by atomic mass is 16.2. The summed E-state index contributed by atoms with van der Waals surface area (Å²) in [6, 6.07) is -0.0320. The second-order valence-corrected chi connectivity index (χ2v) is 4.37. The minimum atomic E-state index is -0.0320. The van der Waals surface area contributed by atoms with E-state index >= 15 is 0 Å². The summed E-state index contributed by atoms with van der Waals surface area (Å²) >= 11 is 0. The molecule has 3 N–H and O–H groups in total. The Labute approximate surface area is 92.2 Å². The molecule has 0 aliphatic carbocycles. The third-order valence-electron chi connectivity index (χ3n) is 3.01. The molecule has 15 heavy (non-hydrogen) atoms. The maximum absolute atomic E-state index is 11.2. The molecule has 1 aliphatic heterocycles. The molecule has 0 aromatic heterocycles. The van der Waals surface area contributed by atoms with Crippen LogP contribution in [0.25, 0.3) is 0 Å². The molecular formula is C11H23N3O. The zero-order valence-corrected chi connectivity index (χ0v) is 9.81. The van der Waals surface area contributed by atoms with Gasteiger partial charge in [-0.1, -0.05) is 13.8 Å². The maximum Gasteiger partial charge on any atom is 0.314 e. The minimum Gasteiger partial charge on any atom is -0.338 e. The first-order valence-electron chi connectivity index (χ1n) is 5.96. The molecule has 1 rings (SSSR count). The van der Waals surface area contributed by atoms with Crippen molar-refractivity contribution >= 4 is 6.03 Å². The molecule has 0 bridgehead atoms. The first kappa shape index (κ1) is 12.3. The van der Waals surface area contributed by atoms with Gasteiger partial charge in [-0.25, -0.2) is 4.79 Å². The molecule has 0 spiro atoms. The zero-order chi connectivity index (χ0) is 11.1. The van der Waals surface area contributed by atoms with Crippen LogP contribution in [0.4, 0.5) is 4.79 Å². The first-order valence-corrected chi connectivity index (χ1v) is 5.96. The van der Waals surface area contributed by atoms with Gasteiger partial charge in [0.15, 0.2) is 0 Å². The van der Waals surface area contributed by atoms with Crippen LogP contribution in [0.15, 0.2) is 0 Å². The lowest BCUT2D eigenvalue weighted by atomic mass is 9.95. The SMILES string of the molecule is CCCNC(=O)NCC[C@@H]1CNC[C@H]1C. The summed E-state index contributed by atoms with van der Waals surface area (Å²) < 4.78 is 0. The zero-order valence-electron chi connectivity index (χ0n) is 9.81. The highest BCUT2D eigenvalue weighted by molar-refractivity contribution is 5.73. The summed E-state index contributed by atoms with van der Waals surface area (Å²) in [5.41, 5.74) is 0. The van der Waals surface area contributed by atoms with Crippen molar-refractivity contribution in [2.24, 2.45) is 11.8 Å². The van der Waals surface area contributed by atoms with Crippen molar-refractivity contribution in [3.05, 3.63) is 0 Å². The molecule has 2 atom stereocenters. The van der Waals surface area contributed by atoms with Crippen LogP contribution in [0.3, 0.4) is 0 Å². The first-order chi connectivity index (χ1) is 7.24. The molecule has 0 aromatic rings. The molecule has 1 aliphatic rings. The van der Waals surface area contributed by atoms with Crippen molar-refractivity contribution in [3.63, 3.8) is 0 Å². The molecule has 1 saturated heterocycles. The van der Waals surface area contributed by atoms with E-state index in [9.17, 15) is 4.79 Å². The van der Waals surface area contributed by atoms with Gasteiger partial charge in [0.1, 0.15) is 0 Å². The molecule has 0 radical (unpaired) electrons. The van der Waals surface area contributed by atoms with Gasteiger partial charge in [-0.05, 0) is 37.8 Å². The van der Waals surface area contributed by atoms with E-state index in [0.29, 0.717) is 0 Å². The standard InChI is InChI=1S/C11H23N3O/c1-3-5-13-11(15)14-6-4-10-8-12-7-9(10)2/h9-10,12H,3-8H2,1-2H3,(H2,13,14,15)/t9-,10-/m1/s1. The van der Waals surface area contributed by atoms with Gasteiger partial charge in [0.2, 0.25) is 0 Å². The smallest absolute Gasteiger partial charge is 0.314 e. The van der Waals surface area contributed by atoms with Gasteiger partial charge < -0.3 is 16.0 Å². The minimum absolute atomic E-state index is 0.0320. The van der Waals surface area contributed by atoms with Crippen LogP contribution in [0.2, 0.25) is 0 Å². The summed E-state index contributed by atoms with van der Waals surface area (Å²) in [4.78, 5) is 11.2. The van der Waals surface area contributed by atoms with E-state index in [-0.39, 0.29) is 6.03 Å². The van der Waals surface area contributed by atoms with Gasteiger partial charge in [0, 0.05) is 13.1 Å². The molecule has 88 valence electrons. The van der Waals surface area contributed by atoms with Crippen molar-refractivity contribution < 1.29 is 4.79 Å². The molecule has 4 heteroatoms. The third kappa shape index (κ3) is 4.51. The van der Waals surface area contributed by atoms with Gasteiger partial charge >= 0.3 is 6.03 Å². The fourth-order valence-electron chi connectivity index (χ4n) is 1.92. The highest BCUT2D eigenvalue weighted by Gasteiger charge is 2.22. The van der Waals surface area contributed by atoms with Gasteiger partial charge in [-0.3, -0.25) is 0 Å². The Hall–Kier alpha value is -0.770. The van der Waals surface area contributed by atoms with Crippen LogP contribution < -0.4 is 16.0 Å². The lowest BCUT2D eigenvalue weighted by Gasteiger charge is -2.14. The van der Waals surface area contributed by atoms with Crippen LogP contribution in [0.1, 0.15) is 26.7 Å². The van der Waals surface area contributed by atoms with Gasteiger partial charge in [-0.15, -0.1) is 0 Å². The second kappa shape index (κ2) is 6.67. The number of carbonyl (C=O) groups is 1. The lowest BCUT2D eigenvalue weighted by Crippen LogP contribution is -2.37. The maximum atomic E-state index is 11.2. The van der Waals surface area contributed by atoms with Crippen molar-refractivity contribution in [2.45, 2.75) is 26.7 Å². The lowest BCUT2D eigenvalue weighted by molar-refractivity contribution is 0.239. The summed E-state index contributed by atoms with van der Waals surface area (Å²) in [7, 11) is 0. The molecule has 2 amide bonds. The van der Waals surface area contributed by atoms with E-state index in [1.165, 1.54) is 0 Å². The van der Waals surface area contributed by atoms with Crippen LogP contribution in [-0.4, -0.2) is 32.2 Å². The Morgan fingerprint density at radius 3 is 2.67 bits per heavy atom. The van der Waals surface area contributed by atoms with Crippen LogP contribution >= 0.6 is 0 Å². The molecule has 0 aromatic carbocycles. The van der Waals surface area contributed by atoms with Crippen molar-refractivity contribution in [3.8, 4) is 0 Å². The predicted octanol–water partition coefficient (Wildman–Crippen LogP) is 0.941. The Morgan fingerprint density at radius 2 is 2.07 bits per heavy atom. The Bertz CT molecular complexity index is 196. The Balaban J connectivity index is 2.02. The number of nitrogens with one attached hydrogen (secondary N) is 3. The number of rotatable bonds is 5. The van der Waals surface area contributed by atoms with E-state index in [1.54, 1.807) is 0 Å². The summed E-state index contributed by atoms with van der Waals surface area (Å²) in [5.74, 6) is 1.46. The van der Waals surface area contributed by atoms with Crippen molar-refractivity contribution in [1.82, 2.24) is 16.0 Å². The largest absolute Gasteiger partial charge is 0.338 e. The average Bonchev–Trinajstić information content (AvgIpc) is 2.61. The number of hydrogen-bond donors (Lipinski definition) is 3. The molecule has 0 unspecified atom stereocenters. The quantitative estimate of drug-likeness (QED) is 0.636. The van der Waals surface area contributed by atoms with Crippen LogP contribution in [-0.2, 0) is 0 Å². The molecule has 1 fully saturated rings. The summed E-state index contributed by atoms with van der Waals surface area (Å²) in [5, 5.41) is 9.06. The van der Waals surface area contributed by atoms with E-state index in [4.69, 9.17) is 0 Å². The van der Waals surface area contributed by atoms with E-state index in [0.717, 1.165) is 50.9 Å². The Morgan fingerprint density at radius 1 is 1.33 bits per heavy atom. The summed E-state index contributed by atoms with van der Waals surface area (Å²) in [6.07, 6.45) is 2.06. The van der Waals surface area contributed by atoms with Gasteiger partial charge in [0.05, 0.1) is 0 Å². The van der Waals surface area contributed by atoms with Crippen molar-refractivity contribution in [1.29, 1.82) is 0 Å². The third-order valence-corrected chi connectivity index (χ3v) is 3.01. The van der Waals surface area contributed by atoms with E-state index in [1.807, 2.05) is 6.92 Å². The predicted molar refractivity (Wildman–Crippen MR) is 61.8 cm³/mol. The van der Waals surface area contributed by atoms with E-state index < -0.39 is 0 Å². The van der Waals surface area contributed by atoms with Crippen LogP contribution in [0.5, 0.6) is 0 Å². The van der Waals surface area contributed by atoms with E-state index in [2.05, 4.69) is 22.9 Å². The number of amides is 2. The molecule has 0 saturated carbocycles. The molecule has 1 heterocycles. The Kier molecular flexibility index (Phi) is 5.47. The monoisotopic (exact) mass is 213 g/mol. The highest BCUT2D eigenvalue weighted by Crippen LogP contribution is 2.18. The van der Waals surface area contributed by atoms with Gasteiger partial charge in [-0.2, -0.15) is 0 Å². The normalized spacial score (nSPS) is 25.2. The van der Waals surface area contributed by atoms with Crippen LogP contribution in [0, 0.1) is 11.8 Å². The fraction of sp³-hybridized carbons (Fsp3) is 0.909. The average molecular weight is 213 g/mol. The number of urea groups is 1. The fourth-order valence-corrected chi connectivity index (χ4v) is 1.92. The number of hydrogen-bond acceptors (Lipinski definition) is 2.